The molecule has 0 fully saturated rings. The molecule has 1 aromatic rings. The number of likely N-dealkylation sites (N-methyl/N-ethyl adjacent to an activating group) is 1. The summed E-state index contributed by atoms with van der Waals surface area (Å²) in [6, 6.07) is 4.11. The fourth-order valence-corrected chi connectivity index (χ4v) is 2.15. The number of amides is 1. The molecule has 0 atom stereocenters. The number of anilines is 1. The van der Waals surface area contributed by atoms with Gasteiger partial charge in [-0.15, -0.1) is 6.58 Å². The smallest absolute Gasteiger partial charge is 0.253 e. The van der Waals surface area contributed by atoms with Gasteiger partial charge in [0, 0.05) is 31.1 Å². The molecule has 0 aromatic heterocycles. The summed E-state index contributed by atoms with van der Waals surface area (Å²) >= 11 is 0. The summed E-state index contributed by atoms with van der Waals surface area (Å²) in [4.78, 5) is 13.5. The zero-order chi connectivity index (χ0) is 13.9. The van der Waals surface area contributed by atoms with Crippen molar-refractivity contribution >= 4 is 21.4 Å². The molecule has 0 heterocycles. The number of carbonyl (C=O) groups is 1. The van der Waals surface area contributed by atoms with Crippen LogP contribution in [0.15, 0.2) is 35.7 Å². The second-order valence-electron chi connectivity index (χ2n) is 4.04. The predicted molar refractivity (Wildman–Crippen MR) is 71.1 cm³/mol. The number of hydrogen-bond acceptors (Lipinski definition) is 4. The SMILES string of the molecule is C=CCN(C)C(=O)c1cc(N)cc(S(C)(=O)=O)c1. The monoisotopic (exact) mass is 268 g/mol. The van der Waals surface area contributed by atoms with Crippen LogP contribution >= 0.6 is 0 Å². The zero-order valence-corrected chi connectivity index (χ0v) is 11.2. The van der Waals surface area contributed by atoms with Crippen LogP contribution in [-0.4, -0.2) is 39.1 Å². The zero-order valence-electron chi connectivity index (χ0n) is 10.4. The van der Waals surface area contributed by atoms with Crippen molar-refractivity contribution < 1.29 is 13.2 Å². The van der Waals surface area contributed by atoms with Gasteiger partial charge in [0.2, 0.25) is 0 Å². The van der Waals surface area contributed by atoms with Crippen molar-refractivity contribution in [1.29, 1.82) is 0 Å². The quantitative estimate of drug-likeness (QED) is 0.650. The molecule has 5 nitrogen and oxygen atoms in total. The molecule has 0 bridgehead atoms. The maximum absolute atomic E-state index is 12.0. The van der Waals surface area contributed by atoms with Gasteiger partial charge in [0.25, 0.3) is 5.91 Å². The Kier molecular flexibility index (Phi) is 4.13. The highest BCUT2D eigenvalue weighted by atomic mass is 32.2. The number of rotatable bonds is 4. The molecule has 1 rings (SSSR count). The molecule has 0 spiro atoms. The third-order valence-electron chi connectivity index (χ3n) is 2.35. The van der Waals surface area contributed by atoms with E-state index in [9.17, 15) is 13.2 Å². The number of carbonyl (C=O) groups excluding carboxylic acids is 1. The van der Waals surface area contributed by atoms with Gasteiger partial charge in [-0.3, -0.25) is 4.79 Å². The highest BCUT2D eigenvalue weighted by molar-refractivity contribution is 7.90. The summed E-state index contributed by atoms with van der Waals surface area (Å²) < 4.78 is 22.9. The molecule has 0 aliphatic carbocycles. The molecule has 0 radical (unpaired) electrons. The average molecular weight is 268 g/mol. The average Bonchev–Trinajstić information content (AvgIpc) is 2.26. The number of nitrogens with zero attached hydrogens (tertiary/aromatic N) is 1. The van der Waals surface area contributed by atoms with E-state index in [-0.39, 0.29) is 22.1 Å². The third-order valence-corrected chi connectivity index (χ3v) is 3.45. The lowest BCUT2D eigenvalue weighted by atomic mass is 10.2. The van der Waals surface area contributed by atoms with Crippen LogP contribution in [0.4, 0.5) is 5.69 Å². The van der Waals surface area contributed by atoms with Crippen LogP contribution < -0.4 is 5.73 Å². The number of sulfone groups is 1. The molecule has 0 saturated carbocycles. The Morgan fingerprint density at radius 1 is 1.44 bits per heavy atom. The van der Waals surface area contributed by atoms with Crippen LogP contribution in [0.1, 0.15) is 10.4 Å². The van der Waals surface area contributed by atoms with Crippen LogP contribution in [0.5, 0.6) is 0 Å². The van der Waals surface area contributed by atoms with Crippen molar-refractivity contribution in [3.05, 3.63) is 36.4 Å². The maximum Gasteiger partial charge on any atom is 0.253 e. The summed E-state index contributed by atoms with van der Waals surface area (Å²) in [5, 5.41) is 0. The summed E-state index contributed by atoms with van der Waals surface area (Å²) in [6.45, 7) is 3.91. The minimum atomic E-state index is -3.39. The molecule has 0 unspecified atom stereocenters. The van der Waals surface area contributed by atoms with E-state index in [4.69, 9.17) is 5.73 Å². The van der Waals surface area contributed by atoms with Crippen LogP contribution in [0.25, 0.3) is 0 Å². The van der Waals surface area contributed by atoms with Gasteiger partial charge in [0.15, 0.2) is 9.84 Å². The molecule has 0 aliphatic rings. The van der Waals surface area contributed by atoms with Gasteiger partial charge in [-0.1, -0.05) is 6.08 Å². The summed E-state index contributed by atoms with van der Waals surface area (Å²) in [5.74, 6) is -0.299. The second kappa shape index (κ2) is 5.22. The molecule has 6 heteroatoms. The Balaban J connectivity index is 3.22. The lowest BCUT2D eigenvalue weighted by Crippen LogP contribution is -2.27. The van der Waals surface area contributed by atoms with E-state index in [1.807, 2.05) is 0 Å². The van der Waals surface area contributed by atoms with Crippen LogP contribution in [-0.2, 0) is 9.84 Å². The van der Waals surface area contributed by atoms with Crippen LogP contribution in [0.3, 0.4) is 0 Å². The highest BCUT2D eigenvalue weighted by Crippen LogP contribution is 2.17. The van der Waals surface area contributed by atoms with Gasteiger partial charge in [-0.25, -0.2) is 8.42 Å². The molecule has 98 valence electrons. The summed E-state index contributed by atoms with van der Waals surface area (Å²) in [6.07, 6.45) is 2.66. The Bertz CT molecular complexity index is 579. The number of hydrogen-bond donors (Lipinski definition) is 1. The van der Waals surface area contributed by atoms with E-state index in [0.717, 1.165) is 6.26 Å². The van der Waals surface area contributed by atoms with E-state index in [0.29, 0.717) is 6.54 Å². The molecular weight excluding hydrogens is 252 g/mol. The number of benzene rings is 1. The number of nitrogens with two attached hydrogens (primary N) is 1. The standard InChI is InChI=1S/C12H16N2O3S/c1-4-5-14(2)12(15)9-6-10(13)8-11(7-9)18(3,16)17/h4,6-8H,1,5,13H2,2-3H3. The second-order valence-corrected chi connectivity index (χ2v) is 6.05. The highest BCUT2D eigenvalue weighted by Gasteiger charge is 2.15. The largest absolute Gasteiger partial charge is 0.399 e. The first-order chi connectivity index (χ1) is 8.25. The lowest BCUT2D eigenvalue weighted by Gasteiger charge is -2.15. The molecule has 0 aliphatic heterocycles. The Labute approximate surface area is 107 Å². The molecule has 1 aromatic carbocycles. The predicted octanol–water partition coefficient (Wildman–Crippen LogP) is 0.930. The molecule has 2 N–H and O–H groups in total. The van der Waals surface area contributed by atoms with Gasteiger partial charge >= 0.3 is 0 Å². The first-order valence-corrected chi connectivity index (χ1v) is 7.12. The van der Waals surface area contributed by atoms with Crippen LogP contribution in [0, 0.1) is 0 Å². The normalized spacial score (nSPS) is 11.0. The van der Waals surface area contributed by atoms with E-state index in [1.54, 1.807) is 13.1 Å². The summed E-state index contributed by atoms with van der Waals surface area (Å²) in [5.41, 5.74) is 6.11. The van der Waals surface area contributed by atoms with Gasteiger partial charge < -0.3 is 10.6 Å². The third kappa shape index (κ3) is 3.33. The number of nitrogen functional groups attached to an aromatic ring is 1. The fraction of sp³-hybridized carbons (Fsp3) is 0.250. The molecule has 18 heavy (non-hydrogen) atoms. The Morgan fingerprint density at radius 3 is 2.56 bits per heavy atom. The molecule has 1 amide bonds. The minimum Gasteiger partial charge on any atom is -0.399 e. The topological polar surface area (TPSA) is 80.5 Å². The lowest BCUT2D eigenvalue weighted by molar-refractivity contribution is 0.0810. The van der Waals surface area contributed by atoms with Gasteiger partial charge in [-0.05, 0) is 18.2 Å². The molecular formula is C12H16N2O3S. The van der Waals surface area contributed by atoms with Crippen molar-refractivity contribution in [3.63, 3.8) is 0 Å². The van der Waals surface area contributed by atoms with Gasteiger partial charge in [0.05, 0.1) is 4.90 Å². The first-order valence-electron chi connectivity index (χ1n) is 5.22. The maximum atomic E-state index is 12.0. The van der Waals surface area contributed by atoms with Gasteiger partial charge in [-0.2, -0.15) is 0 Å². The van der Waals surface area contributed by atoms with E-state index in [1.165, 1.54) is 23.1 Å². The van der Waals surface area contributed by atoms with E-state index in [2.05, 4.69) is 6.58 Å². The van der Waals surface area contributed by atoms with E-state index < -0.39 is 9.84 Å². The van der Waals surface area contributed by atoms with Crippen LogP contribution in [0.2, 0.25) is 0 Å². The van der Waals surface area contributed by atoms with Crippen molar-refractivity contribution in [1.82, 2.24) is 4.90 Å². The first kappa shape index (κ1) is 14.2. The summed E-state index contributed by atoms with van der Waals surface area (Å²) in [7, 11) is -1.79. The Morgan fingerprint density at radius 2 is 2.06 bits per heavy atom. The van der Waals surface area contributed by atoms with Crippen molar-refractivity contribution in [3.8, 4) is 0 Å². The molecule has 0 saturated heterocycles. The van der Waals surface area contributed by atoms with Gasteiger partial charge in [0.1, 0.15) is 0 Å². The van der Waals surface area contributed by atoms with Crippen molar-refractivity contribution in [2.24, 2.45) is 0 Å². The van der Waals surface area contributed by atoms with Crippen molar-refractivity contribution in [2.75, 3.05) is 25.6 Å². The Hall–Kier alpha value is -1.82. The fourth-order valence-electron chi connectivity index (χ4n) is 1.46. The van der Waals surface area contributed by atoms with Crippen molar-refractivity contribution in [2.45, 2.75) is 4.90 Å². The van der Waals surface area contributed by atoms with E-state index >= 15 is 0 Å². The minimum absolute atomic E-state index is 0.0397.